The molecule has 0 radical (unpaired) electrons. The lowest BCUT2D eigenvalue weighted by molar-refractivity contribution is -0.136. The molecular weight excluding hydrogens is 318 g/mol. The topological polar surface area (TPSA) is 49.3 Å². The van der Waals surface area contributed by atoms with Crippen LogP contribution in [0.2, 0.25) is 0 Å². The second-order valence-electron chi connectivity index (χ2n) is 4.53. The lowest BCUT2D eigenvalue weighted by Gasteiger charge is -2.10. The summed E-state index contributed by atoms with van der Waals surface area (Å²) < 4.78 is 1.08. The first kappa shape index (κ1) is 14.8. The normalized spacial score (nSPS) is 10.4. The largest absolute Gasteiger partial charge is 0.481 e. The first-order valence-corrected chi connectivity index (χ1v) is 7.19. The van der Waals surface area contributed by atoms with E-state index >= 15 is 0 Å². The molecule has 0 aliphatic rings. The third-order valence-electron chi connectivity index (χ3n) is 3.05. The molecule has 0 spiro atoms. The van der Waals surface area contributed by atoms with Gasteiger partial charge in [0.1, 0.15) is 0 Å². The number of hydrogen-bond acceptors (Lipinski definition) is 2. The van der Waals surface area contributed by atoms with Crippen LogP contribution in [0.1, 0.15) is 16.7 Å². The maximum atomic E-state index is 10.8. The second-order valence-corrected chi connectivity index (χ2v) is 5.39. The van der Waals surface area contributed by atoms with Crippen LogP contribution >= 0.6 is 15.9 Å². The molecule has 0 atom stereocenters. The molecule has 0 fully saturated rings. The van der Waals surface area contributed by atoms with Crippen molar-refractivity contribution < 1.29 is 9.90 Å². The van der Waals surface area contributed by atoms with Crippen molar-refractivity contribution >= 4 is 21.9 Å². The molecule has 3 nitrogen and oxygen atoms in total. The maximum absolute atomic E-state index is 10.8. The van der Waals surface area contributed by atoms with Gasteiger partial charge >= 0.3 is 5.97 Å². The van der Waals surface area contributed by atoms with Crippen molar-refractivity contribution in [2.75, 3.05) is 0 Å². The molecule has 2 aromatic carbocycles. The van der Waals surface area contributed by atoms with Gasteiger partial charge in [-0.25, -0.2) is 0 Å². The average Bonchev–Trinajstić information content (AvgIpc) is 2.42. The Bertz CT molecular complexity index is 599. The highest BCUT2D eigenvalue weighted by molar-refractivity contribution is 9.10. The Hall–Kier alpha value is -1.65. The smallest absolute Gasteiger partial charge is 0.307 e. The zero-order valence-electron chi connectivity index (χ0n) is 11.0. The van der Waals surface area contributed by atoms with Crippen molar-refractivity contribution in [1.82, 2.24) is 5.32 Å². The van der Waals surface area contributed by atoms with Gasteiger partial charge in [0, 0.05) is 17.6 Å². The second kappa shape index (κ2) is 7.22. The minimum atomic E-state index is -0.803. The van der Waals surface area contributed by atoms with Crippen LogP contribution < -0.4 is 5.32 Å². The van der Waals surface area contributed by atoms with E-state index in [2.05, 4.69) is 27.3 Å². The Morgan fingerprint density at radius 1 is 0.950 bits per heavy atom. The Kier molecular flexibility index (Phi) is 5.32. The van der Waals surface area contributed by atoms with Gasteiger partial charge in [-0.3, -0.25) is 4.79 Å². The molecule has 0 saturated carbocycles. The van der Waals surface area contributed by atoms with Crippen molar-refractivity contribution in [3.05, 3.63) is 69.7 Å². The molecule has 0 amide bonds. The summed E-state index contributed by atoms with van der Waals surface area (Å²) in [5, 5.41) is 12.3. The van der Waals surface area contributed by atoms with Crippen molar-refractivity contribution in [2.45, 2.75) is 19.5 Å². The third-order valence-corrected chi connectivity index (χ3v) is 3.82. The highest BCUT2D eigenvalue weighted by Crippen LogP contribution is 2.16. The lowest BCUT2D eigenvalue weighted by Crippen LogP contribution is -2.15. The summed E-state index contributed by atoms with van der Waals surface area (Å²) in [4.78, 5) is 10.8. The van der Waals surface area contributed by atoms with Gasteiger partial charge in [-0.15, -0.1) is 0 Å². The van der Waals surface area contributed by atoms with Crippen LogP contribution in [0.25, 0.3) is 0 Å². The molecule has 2 N–H and O–H groups in total. The minimum absolute atomic E-state index is 0.0624. The molecule has 0 aliphatic heterocycles. The van der Waals surface area contributed by atoms with Crippen LogP contribution in [0.5, 0.6) is 0 Å². The highest BCUT2D eigenvalue weighted by atomic mass is 79.9. The number of nitrogens with one attached hydrogen (secondary N) is 1. The summed E-state index contributed by atoms with van der Waals surface area (Å²) in [6.07, 6.45) is 0.0624. The summed E-state index contributed by atoms with van der Waals surface area (Å²) in [6.45, 7) is 1.40. The van der Waals surface area contributed by atoms with Crippen molar-refractivity contribution in [2.24, 2.45) is 0 Å². The zero-order valence-corrected chi connectivity index (χ0v) is 12.6. The van der Waals surface area contributed by atoms with Crippen LogP contribution in [-0.4, -0.2) is 11.1 Å². The van der Waals surface area contributed by atoms with Crippen molar-refractivity contribution in [3.63, 3.8) is 0 Å². The number of carboxylic acid groups (broad SMARTS) is 1. The van der Waals surface area contributed by atoms with E-state index in [0.29, 0.717) is 6.54 Å². The van der Waals surface area contributed by atoms with Crippen LogP contribution in [0.4, 0.5) is 0 Å². The third kappa shape index (κ3) is 4.18. The molecule has 0 saturated heterocycles. The fourth-order valence-corrected chi connectivity index (χ4v) is 2.46. The number of carbonyl (C=O) groups is 1. The number of carboxylic acids is 1. The fourth-order valence-electron chi connectivity index (χ4n) is 2.04. The summed E-state index contributed by atoms with van der Waals surface area (Å²) in [5.41, 5.74) is 3.07. The number of halogens is 1. The number of rotatable bonds is 6. The molecule has 0 bridgehead atoms. The maximum Gasteiger partial charge on any atom is 0.307 e. The minimum Gasteiger partial charge on any atom is -0.481 e. The van der Waals surface area contributed by atoms with E-state index in [4.69, 9.17) is 5.11 Å². The lowest BCUT2D eigenvalue weighted by atomic mass is 10.0. The zero-order chi connectivity index (χ0) is 14.4. The Morgan fingerprint density at radius 2 is 1.50 bits per heavy atom. The first-order chi connectivity index (χ1) is 9.66. The molecule has 104 valence electrons. The van der Waals surface area contributed by atoms with E-state index in [-0.39, 0.29) is 6.42 Å². The van der Waals surface area contributed by atoms with Gasteiger partial charge in [0.15, 0.2) is 0 Å². The van der Waals surface area contributed by atoms with Crippen LogP contribution in [0.15, 0.2) is 53.0 Å². The quantitative estimate of drug-likeness (QED) is 0.852. The van der Waals surface area contributed by atoms with E-state index in [1.54, 1.807) is 0 Å². The molecule has 4 heteroatoms. The van der Waals surface area contributed by atoms with Crippen LogP contribution in [0, 0.1) is 0 Å². The summed E-state index contributed by atoms with van der Waals surface area (Å²) in [7, 11) is 0. The van der Waals surface area contributed by atoms with Gasteiger partial charge in [0.05, 0.1) is 6.42 Å². The van der Waals surface area contributed by atoms with Crippen molar-refractivity contribution in [1.29, 1.82) is 0 Å². The Labute approximate surface area is 126 Å². The van der Waals surface area contributed by atoms with E-state index in [9.17, 15) is 4.79 Å². The molecule has 0 aliphatic carbocycles. The molecule has 2 rings (SSSR count). The van der Waals surface area contributed by atoms with Gasteiger partial charge in [-0.2, -0.15) is 0 Å². The standard InChI is InChI=1S/C16H16BrNO2/c17-15-8-4-3-7-14(15)11-18-10-13-6-2-1-5-12(13)9-16(19)20/h1-8,18H,9-11H2,(H,19,20). The van der Waals surface area contributed by atoms with Crippen LogP contribution in [-0.2, 0) is 24.3 Å². The summed E-state index contributed by atoms with van der Waals surface area (Å²) >= 11 is 3.51. The monoisotopic (exact) mass is 333 g/mol. The molecule has 0 heterocycles. The molecule has 0 aromatic heterocycles. The summed E-state index contributed by atoms with van der Waals surface area (Å²) in [6, 6.07) is 15.7. The predicted molar refractivity (Wildman–Crippen MR) is 82.5 cm³/mol. The first-order valence-electron chi connectivity index (χ1n) is 6.39. The highest BCUT2D eigenvalue weighted by Gasteiger charge is 2.06. The summed E-state index contributed by atoms with van der Waals surface area (Å²) in [5.74, 6) is -0.803. The Balaban J connectivity index is 1.97. The van der Waals surface area contributed by atoms with Gasteiger partial charge in [-0.1, -0.05) is 58.4 Å². The van der Waals surface area contributed by atoms with Gasteiger partial charge in [0.25, 0.3) is 0 Å². The fraction of sp³-hybridized carbons (Fsp3) is 0.188. The number of aliphatic carboxylic acids is 1. The van der Waals surface area contributed by atoms with Gasteiger partial charge in [0.2, 0.25) is 0 Å². The number of hydrogen-bond donors (Lipinski definition) is 2. The predicted octanol–water partition coefficient (Wildman–Crippen LogP) is 3.37. The van der Waals surface area contributed by atoms with Crippen molar-refractivity contribution in [3.8, 4) is 0 Å². The molecular formula is C16H16BrNO2. The molecule has 2 aromatic rings. The van der Waals surface area contributed by atoms with E-state index < -0.39 is 5.97 Å². The van der Waals surface area contributed by atoms with Gasteiger partial charge < -0.3 is 10.4 Å². The van der Waals surface area contributed by atoms with E-state index in [1.807, 2.05) is 42.5 Å². The average molecular weight is 334 g/mol. The molecule has 0 unspecified atom stereocenters. The van der Waals surface area contributed by atoms with E-state index in [0.717, 1.165) is 22.1 Å². The van der Waals surface area contributed by atoms with E-state index in [1.165, 1.54) is 5.56 Å². The number of benzene rings is 2. The Morgan fingerprint density at radius 3 is 2.15 bits per heavy atom. The molecule has 20 heavy (non-hydrogen) atoms. The SMILES string of the molecule is O=C(O)Cc1ccccc1CNCc1ccccc1Br. The van der Waals surface area contributed by atoms with Crippen LogP contribution in [0.3, 0.4) is 0 Å². The van der Waals surface area contributed by atoms with Gasteiger partial charge in [-0.05, 0) is 22.8 Å².